The van der Waals surface area contributed by atoms with Crippen LogP contribution in [0.4, 0.5) is 8.78 Å². The smallest absolute Gasteiger partial charge is 0.252 e. The first kappa shape index (κ1) is 15.0. The Kier molecular flexibility index (Phi) is 5.18. The van der Waals surface area contributed by atoms with Gasteiger partial charge in [0.05, 0.1) is 11.4 Å². The second kappa shape index (κ2) is 6.21. The normalized spacial score (nSPS) is 12.3. The number of sulfonamides is 1. The number of hydrogen-bond acceptors (Lipinski definition) is 3. The van der Waals surface area contributed by atoms with E-state index < -0.39 is 23.0 Å². The molecule has 4 nitrogen and oxygen atoms in total. The highest BCUT2D eigenvalue weighted by Gasteiger charge is 2.23. The van der Waals surface area contributed by atoms with Gasteiger partial charge in [-0.3, -0.25) is 0 Å². The monoisotopic (exact) mass is 279 g/mol. The average molecular weight is 279 g/mol. The Labute approximate surface area is 105 Å². The number of benzene rings is 1. The molecular formula is C11H15F2NO3S. The molecule has 0 fully saturated rings. The Morgan fingerprint density at radius 2 is 1.83 bits per heavy atom. The number of halogens is 2. The van der Waals surface area contributed by atoms with E-state index in [-0.39, 0.29) is 11.5 Å². The minimum Gasteiger partial charge on any atom is -0.396 e. The van der Waals surface area contributed by atoms with Gasteiger partial charge in [0.25, 0.3) is 6.43 Å². The molecule has 0 aliphatic heterocycles. The summed E-state index contributed by atoms with van der Waals surface area (Å²) in [7, 11) is -2.76. The number of aliphatic hydroxyl groups is 1. The van der Waals surface area contributed by atoms with Gasteiger partial charge in [0.1, 0.15) is 0 Å². The van der Waals surface area contributed by atoms with Crippen LogP contribution < -0.4 is 0 Å². The van der Waals surface area contributed by atoms with Crippen molar-refractivity contribution in [2.45, 2.75) is 17.7 Å². The quantitative estimate of drug-likeness (QED) is 0.848. The molecule has 1 aromatic rings. The zero-order valence-corrected chi connectivity index (χ0v) is 10.7. The molecule has 0 saturated heterocycles. The predicted molar refractivity (Wildman–Crippen MR) is 63.1 cm³/mol. The summed E-state index contributed by atoms with van der Waals surface area (Å²) in [6.45, 7) is -0.863. The highest BCUT2D eigenvalue weighted by Crippen LogP contribution is 2.16. The zero-order valence-electron chi connectivity index (χ0n) is 9.88. The maximum Gasteiger partial charge on any atom is 0.252 e. The molecule has 0 aromatic heterocycles. The molecule has 0 aliphatic rings. The third kappa shape index (κ3) is 3.72. The van der Waals surface area contributed by atoms with Gasteiger partial charge in [-0.15, -0.1) is 0 Å². The average Bonchev–Trinajstić information content (AvgIpc) is 2.29. The number of aliphatic hydroxyl groups excluding tert-OH is 1. The standard InChI is InChI=1S/C11H15F2NO3S/c1-14(8-11(12)13)18(16,17)10-4-2-9(3-5-10)6-7-15/h2-5,11,15H,6-8H2,1H3. The van der Waals surface area contributed by atoms with E-state index in [4.69, 9.17) is 5.11 Å². The summed E-state index contributed by atoms with van der Waals surface area (Å²) in [4.78, 5) is -0.0349. The lowest BCUT2D eigenvalue weighted by atomic mass is 10.2. The van der Waals surface area contributed by atoms with Gasteiger partial charge in [-0.05, 0) is 24.1 Å². The van der Waals surface area contributed by atoms with E-state index in [1.54, 1.807) is 12.1 Å². The van der Waals surface area contributed by atoms with Gasteiger partial charge in [-0.1, -0.05) is 12.1 Å². The summed E-state index contributed by atoms with van der Waals surface area (Å²) in [5, 5.41) is 8.73. The summed E-state index contributed by atoms with van der Waals surface area (Å²) in [6, 6.07) is 5.81. The molecular weight excluding hydrogens is 264 g/mol. The molecule has 0 unspecified atom stereocenters. The van der Waals surface area contributed by atoms with Crippen molar-refractivity contribution < 1.29 is 22.3 Å². The number of nitrogens with zero attached hydrogens (tertiary/aromatic N) is 1. The van der Waals surface area contributed by atoms with E-state index in [1.807, 2.05) is 0 Å². The fraction of sp³-hybridized carbons (Fsp3) is 0.455. The van der Waals surface area contributed by atoms with Gasteiger partial charge in [0.2, 0.25) is 10.0 Å². The van der Waals surface area contributed by atoms with Crippen LogP contribution in [0.1, 0.15) is 5.56 Å². The fourth-order valence-corrected chi connectivity index (χ4v) is 2.58. The number of alkyl halides is 2. The molecule has 7 heteroatoms. The van der Waals surface area contributed by atoms with Crippen LogP contribution in [0.3, 0.4) is 0 Å². The Hall–Kier alpha value is -1.05. The number of hydrogen-bond donors (Lipinski definition) is 1. The van der Waals surface area contributed by atoms with E-state index in [0.29, 0.717) is 10.7 Å². The predicted octanol–water partition coefficient (Wildman–Crippen LogP) is 1.11. The molecule has 102 valence electrons. The molecule has 0 radical (unpaired) electrons. The summed E-state index contributed by atoms with van der Waals surface area (Å²) in [5.41, 5.74) is 0.785. The minimum absolute atomic E-state index is 0.0304. The molecule has 0 bridgehead atoms. The van der Waals surface area contributed by atoms with Crippen LogP contribution in [0.15, 0.2) is 29.2 Å². The van der Waals surface area contributed by atoms with Crippen molar-refractivity contribution in [2.24, 2.45) is 0 Å². The molecule has 18 heavy (non-hydrogen) atoms. The van der Waals surface area contributed by atoms with Crippen molar-refractivity contribution in [1.29, 1.82) is 0 Å². The zero-order chi connectivity index (χ0) is 13.8. The Morgan fingerprint density at radius 3 is 2.28 bits per heavy atom. The lowest BCUT2D eigenvalue weighted by molar-refractivity contribution is 0.126. The van der Waals surface area contributed by atoms with Crippen LogP contribution in [-0.4, -0.2) is 44.5 Å². The topological polar surface area (TPSA) is 57.6 Å². The largest absolute Gasteiger partial charge is 0.396 e. The van der Waals surface area contributed by atoms with Crippen molar-refractivity contribution in [3.05, 3.63) is 29.8 Å². The van der Waals surface area contributed by atoms with Crippen molar-refractivity contribution in [3.8, 4) is 0 Å². The van der Waals surface area contributed by atoms with E-state index in [2.05, 4.69) is 0 Å². The third-order valence-corrected chi connectivity index (χ3v) is 4.26. The van der Waals surface area contributed by atoms with E-state index >= 15 is 0 Å². The van der Waals surface area contributed by atoms with E-state index in [0.717, 1.165) is 12.6 Å². The van der Waals surface area contributed by atoms with Gasteiger partial charge in [-0.2, -0.15) is 4.31 Å². The van der Waals surface area contributed by atoms with Gasteiger partial charge < -0.3 is 5.11 Å². The Bertz CT molecular complexity index is 474. The van der Waals surface area contributed by atoms with Gasteiger partial charge in [0.15, 0.2) is 0 Å². The highest BCUT2D eigenvalue weighted by molar-refractivity contribution is 7.89. The molecule has 1 N–H and O–H groups in total. The van der Waals surface area contributed by atoms with Crippen LogP contribution in [0, 0.1) is 0 Å². The Morgan fingerprint density at radius 1 is 1.28 bits per heavy atom. The van der Waals surface area contributed by atoms with Crippen LogP contribution >= 0.6 is 0 Å². The van der Waals surface area contributed by atoms with Crippen molar-refractivity contribution in [3.63, 3.8) is 0 Å². The summed E-state index contributed by atoms with van der Waals surface area (Å²) in [5.74, 6) is 0. The number of rotatable bonds is 6. The molecule has 0 spiro atoms. The molecule has 0 amide bonds. The second-order valence-electron chi connectivity index (χ2n) is 3.79. The minimum atomic E-state index is -3.87. The van der Waals surface area contributed by atoms with E-state index in [1.165, 1.54) is 12.1 Å². The lowest BCUT2D eigenvalue weighted by Gasteiger charge is -2.16. The van der Waals surface area contributed by atoms with Crippen LogP contribution in [0.2, 0.25) is 0 Å². The second-order valence-corrected chi connectivity index (χ2v) is 5.84. The van der Waals surface area contributed by atoms with Gasteiger partial charge in [0, 0.05) is 13.7 Å². The van der Waals surface area contributed by atoms with Crippen molar-refractivity contribution >= 4 is 10.0 Å². The van der Waals surface area contributed by atoms with Gasteiger partial charge >= 0.3 is 0 Å². The summed E-state index contributed by atoms with van der Waals surface area (Å²) < 4.78 is 48.7. The lowest BCUT2D eigenvalue weighted by Crippen LogP contribution is -2.31. The molecule has 0 heterocycles. The van der Waals surface area contributed by atoms with E-state index in [9.17, 15) is 17.2 Å². The van der Waals surface area contributed by atoms with Crippen LogP contribution in [-0.2, 0) is 16.4 Å². The van der Waals surface area contributed by atoms with Crippen LogP contribution in [0.25, 0.3) is 0 Å². The molecule has 0 saturated carbocycles. The fourth-order valence-electron chi connectivity index (χ4n) is 1.43. The first-order valence-electron chi connectivity index (χ1n) is 5.32. The summed E-state index contributed by atoms with van der Waals surface area (Å²) >= 11 is 0. The SMILES string of the molecule is CN(CC(F)F)S(=O)(=O)c1ccc(CCO)cc1. The third-order valence-electron chi connectivity index (χ3n) is 2.43. The maximum atomic E-state index is 12.2. The Balaban J connectivity index is 2.91. The highest BCUT2D eigenvalue weighted by atomic mass is 32.2. The maximum absolute atomic E-state index is 12.2. The molecule has 1 aromatic carbocycles. The first-order chi connectivity index (χ1) is 8.37. The first-order valence-corrected chi connectivity index (χ1v) is 6.76. The van der Waals surface area contributed by atoms with Gasteiger partial charge in [-0.25, -0.2) is 17.2 Å². The van der Waals surface area contributed by atoms with Crippen LogP contribution in [0.5, 0.6) is 0 Å². The van der Waals surface area contributed by atoms with Crippen molar-refractivity contribution in [2.75, 3.05) is 20.2 Å². The summed E-state index contributed by atoms with van der Waals surface area (Å²) in [6.07, 6.45) is -2.29. The molecule has 1 rings (SSSR count). The molecule has 0 aliphatic carbocycles. The molecule has 0 atom stereocenters. The van der Waals surface area contributed by atoms with Crippen molar-refractivity contribution in [1.82, 2.24) is 4.31 Å².